The third-order valence-electron chi connectivity index (χ3n) is 5.10. The molecule has 0 aliphatic carbocycles. The summed E-state index contributed by atoms with van der Waals surface area (Å²) in [5, 5.41) is 0. The Labute approximate surface area is 150 Å². The molecular weight excluding hydrogens is 314 g/mol. The Morgan fingerprint density at radius 2 is 2.08 bits per heavy atom. The molecule has 25 heavy (non-hydrogen) atoms. The molecular formula is C20H29N3O2. The van der Waals surface area contributed by atoms with Crippen LogP contribution in [0.5, 0.6) is 5.75 Å². The van der Waals surface area contributed by atoms with Crippen molar-refractivity contribution in [3.63, 3.8) is 0 Å². The van der Waals surface area contributed by atoms with Gasteiger partial charge in [-0.15, -0.1) is 0 Å². The minimum Gasteiger partial charge on any atom is -0.496 e. The van der Waals surface area contributed by atoms with Crippen LogP contribution in [-0.2, 0) is 13.1 Å². The lowest BCUT2D eigenvalue weighted by molar-refractivity contribution is 0.161. The van der Waals surface area contributed by atoms with E-state index in [4.69, 9.17) is 9.15 Å². The zero-order valence-corrected chi connectivity index (χ0v) is 16.0. The second-order valence-electron chi connectivity index (χ2n) is 7.17. The maximum atomic E-state index is 5.85. The number of hydrogen-bond donors (Lipinski definition) is 0. The van der Waals surface area contributed by atoms with E-state index in [1.54, 1.807) is 7.11 Å². The van der Waals surface area contributed by atoms with Crippen LogP contribution in [0.3, 0.4) is 0 Å². The van der Waals surface area contributed by atoms with Gasteiger partial charge in [0.15, 0.2) is 0 Å². The van der Waals surface area contributed by atoms with E-state index in [1.165, 1.54) is 17.5 Å². The summed E-state index contributed by atoms with van der Waals surface area (Å²) < 4.78 is 11.4. The second kappa shape index (κ2) is 7.58. The number of benzene rings is 1. The number of methoxy groups -OCH3 is 1. The van der Waals surface area contributed by atoms with Gasteiger partial charge < -0.3 is 14.1 Å². The molecule has 1 atom stereocenters. The van der Waals surface area contributed by atoms with Gasteiger partial charge in [0.2, 0.25) is 5.89 Å². The summed E-state index contributed by atoms with van der Waals surface area (Å²) >= 11 is 0. The van der Waals surface area contributed by atoms with Crippen molar-refractivity contribution in [2.45, 2.75) is 46.3 Å². The van der Waals surface area contributed by atoms with Crippen LogP contribution in [-0.4, -0.2) is 48.1 Å². The molecule has 0 saturated carbocycles. The number of likely N-dealkylation sites (tertiary alicyclic amines) is 1. The summed E-state index contributed by atoms with van der Waals surface area (Å²) in [7, 11) is 3.92. The van der Waals surface area contributed by atoms with E-state index in [-0.39, 0.29) is 0 Å². The predicted molar refractivity (Wildman–Crippen MR) is 98.9 cm³/mol. The fraction of sp³-hybridized carbons (Fsp3) is 0.550. The van der Waals surface area contributed by atoms with Crippen LogP contribution in [0.4, 0.5) is 0 Å². The molecule has 136 valence electrons. The van der Waals surface area contributed by atoms with Crippen LogP contribution < -0.4 is 4.74 Å². The van der Waals surface area contributed by atoms with Crippen LogP contribution in [0.25, 0.3) is 0 Å². The van der Waals surface area contributed by atoms with Gasteiger partial charge in [0.25, 0.3) is 0 Å². The first kappa shape index (κ1) is 18.0. The van der Waals surface area contributed by atoms with Crippen LogP contribution in [0.15, 0.2) is 22.6 Å². The molecule has 2 aromatic rings. The molecule has 2 heterocycles. The van der Waals surface area contributed by atoms with Gasteiger partial charge in [-0.25, -0.2) is 4.98 Å². The standard InChI is InChI=1S/C20H29N3O2/c1-14-6-7-19(24-5)17(10-14)11-23(18-8-9-22(4)12-18)13-20-21-15(2)16(3)25-20/h6-7,10,18H,8-9,11-13H2,1-5H3. The van der Waals surface area contributed by atoms with Gasteiger partial charge in [-0.2, -0.15) is 0 Å². The number of rotatable bonds is 6. The summed E-state index contributed by atoms with van der Waals surface area (Å²) in [6.07, 6.45) is 1.17. The highest BCUT2D eigenvalue weighted by Crippen LogP contribution is 2.26. The van der Waals surface area contributed by atoms with E-state index >= 15 is 0 Å². The lowest BCUT2D eigenvalue weighted by Crippen LogP contribution is -2.36. The average Bonchev–Trinajstić information content (AvgIpc) is 3.13. The molecule has 1 aliphatic rings. The fourth-order valence-corrected chi connectivity index (χ4v) is 3.55. The van der Waals surface area contributed by atoms with Crippen LogP contribution >= 0.6 is 0 Å². The minimum absolute atomic E-state index is 0.503. The van der Waals surface area contributed by atoms with E-state index in [0.717, 1.165) is 49.3 Å². The van der Waals surface area contributed by atoms with Crippen molar-refractivity contribution in [3.8, 4) is 5.75 Å². The third-order valence-corrected chi connectivity index (χ3v) is 5.10. The first-order chi connectivity index (χ1) is 12.0. The number of hydrogen-bond acceptors (Lipinski definition) is 5. The molecule has 0 spiro atoms. The Morgan fingerprint density at radius 3 is 2.68 bits per heavy atom. The maximum absolute atomic E-state index is 5.85. The monoisotopic (exact) mass is 343 g/mol. The Hall–Kier alpha value is -1.85. The Bertz CT molecular complexity index is 706. The Balaban J connectivity index is 1.84. The molecule has 1 aromatic heterocycles. The SMILES string of the molecule is COc1ccc(C)cc1CN(Cc1nc(C)c(C)o1)C1CCN(C)C1. The molecule has 1 saturated heterocycles. The van der Waals surface area contributed by atoms with Gasteiger partial charge in [-0.1, -0.05) is 17.7 Å². The van der Waals surface area contributed by atoms with E-state index in [9.17, 15) is 0 Å². The van der Waals surface area contributed by atoms with Crippen molar-refractivity contribution in [1.82, 2.24) is 14.8 Å². The third kappa shape index (κ3) is 4.22. The van der Waals surface area contributed by atoms with Gasteiger partial charge in [-0.05, 0) is 46.9 Å². The van der Waals surface area contributed by atoms with Crippen LogP contribution in [0.2, 0.25) is 0 Å². The van der Waals surface area contributed by atoms with Crippen molar-refractivity contribution >= 4 is 0 Å². The van der Waals surface area contributed by atoms with Crippen molar-refractivity contribution in [1.29, 1.82) is 0 Å². The highest BCUT2D eigenvalue weighted by atomic mass is 16.5. The fourth-order valence-electron chi connectivity index (χ4n) is 3.55. The molecule has 1 unspecified atom stereocenters. The summed E-state index contributed by atoms with van der Waals surface area (Å²) in [4.78, 5) is 9.45. The zero-order valence-electron chi connectivity index (χ0n) is 16.0. The number of aromatic nitrogens is 1. The summed E-state index contributed by atoms with van der Waals surface area (Å²) in [6, 6.07) is 6.87. The molecule has 5 heteroatoms. The van der Waals surface area contributed by atoms with E-state index < -0.39 is 0 Å². The number of aryl methyl sites for hydroxylation is 3. The molecule has 3 rings (SSSR count). The second-order valence-corrected chi connectivity index (χ2v) is 7.17. The molecule has 0 bridgehead atoms. The van der Waals surface area contributed by atoms with E-state index in [0.29, 0.717) is 6.04 Å². The number of likely N-dealkylation sites (N-methyl/N-ethyl adjacent to an activating group) is 1. The quantitative estimate of drug-likeness (QED) is 0.805. The van der Waals surface area contributed by atoms with E-state index in [1.807, 2.05) is 13.8 Å². The largest absolute Gasteiger partial charge is 0.496 e. The van der Waals surface area contributed by atoms with E-state index in [2.05, 4.69) is 47.0 Å². The van der Waals surface area contributed by atoms with Gasteiger partial charge >= 0.3 is 0 Å². The maximum Gasteiger partial charge on any atom is 0.208 e. The summed E-state index contributed by atoms with van der Waals surface area (Å²) in [5.74, 6) is 2.66. The first-order valence-electron chi connectivity index (χ1n) is 8.95. The normalized spacial score (nSPS) is 18.2. The molecule has 5 nitrogen and oxygen atoms in total. The van der Waals surface area contributed by atoms with Gasteiger partial charge in [0.05, 0.1) is 19.3 Å². The molecule has 1 aliphatic heterocycles. The van der Waals surface area contributed by atoms with Crippen LogP contribution in [0, 0.1) is 20.8 Å². The van der Waals surface area contributed by atoms with Crippen LogP contribution in [0.1, 0.15) is 34.9 Å². The highest BCUT2D eigenvalue weighted by Gasteiger charge is 2.28. The zero-order chi connectivity index (χ0) is 18.0. The Morgan fingerprint density at radius 1 is 1.28 bits per heavy atom. The first-order valence-corrected chi connectivity index (χ1v) is 8.95. The van der Waals surface area contributed by atoms with Gasteiger partial charge in [-0.3, -0.25) is 4.90 Å². The van der Waals surface area contributed by atoms with Crippen molar-refractivity contribution in [2.75, 3.05) is 27.2 Å². The smallest absolute Gasteiger partial charge is 0.208 e. The summed E-state index contributed by atoms with van der Waals surface area (Å²) in [5.41, 5.74) is 3.45. The van der Waals surface area contributed by atoms with Gasteiger partial charge in [0.1, 0.15) is 11.5 Å². The molecule has 0 N–H and O–H groups in total. The lowest BCUT2D eigenvalue weighted by atomic mass is 10.1. The number of oxazole rings is 1. The average molecular weight is 343 g/mol. The Kier molecular flexibility index (Phi) is 5.45. The molecule has 1 aromatic carbocycles. The molecule has 0 amide bonds. The predicted octanol–water partition coefficient (Wildman–Crippen LogP) is 3.31. The highest BCUT2D eigenvalue weighted by molar-refractivity contribution is 5.36. The summed E-state index contributed by atoms with van der Waals surface area (Å²) in [6.45, 7) is 9.87. The van der Waals surface area contributed by atoms with Crippen molar-refractivity contribution in [3.05, 3.63) is 46.7 Å². The lowest BCUT2D eigenvalue weighted by Gasteiger charge is -2.28. The number of ether oxygens (including phenoxy) is 1. The minimum atomic E-state index is 0.503. The van der Waals surface area contributed by atoms with Crippen molar-refractivity contribution < 1.29 is 9.15 Å². The number of nitrogens with zero attached hydrogens (tertiary/aromatic N) is 3. The molecule has 0 radical (unpaired) electrons. The van der Waals surface area contributed by atoms with Gasteiger partial charge in [0, 0.05) is 24.7 Å². The molecule has 1 fully saturated rings. The van der Waals surface area contributed by atoms with Crippen molar-refractivity contribution in [2.24, 2.45) is 0 Å². The topological polar surface area (TPSA) is 41.7 Å².